The fourth-order valence-electron chi connectivity index (χ4n) is 5.25. The number of urea groups is 1. The molecule has 2 atom stereocenters. The highest BCUT2D eigenvalue weighted by Crippen LogP contribution is 2.42. The van der Waals surface area contributed by atoms with Crippen LogP contribution in [0.25, 0.3) is 0 Å². The monoisotopic (exact) mass is 425 g/mol. The van der Waals surface area contributed by atoms with E-state index in [1.165, 1.54) is 49.0 Å². The summed E-state index contributed by atoms with van der Waals surface area (Å²) in [5.74, 6) is 0.362. The quantitative estimate of drug-likeness (QED) is 0.568. The van der Waals surface area contributed by atoms with Gasteiger partial charge in [0.05, 0.1) is 6.04 Å². The zero-order valence-electron chi connectivity index (χ0n) is 18.9. The van der Waals surface area contributed by atoms with Gasteiger partial charge in [-0.15, -0.1) is 0 Å². The van der Waals surface area contributed by atoms with Crippen LogP contribution >= 0.6 is 0 Å². The first-order valence-corrected chi connectivity index (χ1v) is 12.0. The van der Waals surface area contributed by atoms with Gasteiger partial charge in [0, 0.05) is 18.6 Å². The second kappa shape index (κ2) is 9.99. The Balaban J connectivity index is 1.52. The van der Waals surface area contributed by atoms with Crippen molar-refractivity contribution in [1.29, 1.82) is 0 Å². The molecule has 0 spiro atoms. The number of unbranched alkanes of at least 4 members (excludes halogenated alkanes) is 2. The second-order valence-corrected chi connectivity index (χ2v) is 9.38. The highest BCUT2D eigenvalue weighted by Gasteiger charge is 2.37. The summed E-state index contributed by atoms with van der Waals surface area (Å²) in [4.78, 5) is 15.2. The van der Waals surface area contributed by atoms with Gasteiger partial charge in [-0.25, -0.2) is 9.18 Å². The molecule has 0 radical (unpaired) electrons. The van der Waals surface area contributed by atoms with Crippen molar-refractivity contribution < 1.29 is 9.18 Å². The average Bonchev–Trinajstić information content (AvgIpc) is 2.75. The molecule has 1 aliphatic heterocycles. The number of nitrogens with one attached hydrogen (secondary N) is 2. The topological polar surface area (TPSA) is 44.4 Å². The molecular weight excluding hydrogens is 389 g/mol. The van der Waals surface area contributed by atoms with E-state index in [0.717, 1.165) is 31.2 Å². The predicted molar refractivity (Wildman–Crippen MR) is 123 cm³/mol. The van der Waals surface area contributed by atoms with Crippen molar-refractivity contribution >= 4 is 6.03 Å². The molecule has 1 aromatic carbocycles. The second-order valence-electron chi connectivity index (χ2n) is 9.38. The zero-order valence-corrected chi connectivity index (χ0v) is 18.9. The van der Waals surface area contributed by atoms with Gasteiger partial charge in [-0.3, -0.25) is 0 Å². The van der Waals surface area contributed by atoms with Gasteiger partial charge in [0.1, 0.15) is 5.82 Å². The van der Waals surface area contributed by atoms with E-state index in [1.807, 2.05) is 24.1 Å². The molecule has 168 valence electrons. The zero-order chi connectivity index (χ0) is 21.8. The highest BCUT2D eigenvalue weighted by atomic mass is 19.1. The number of nitrogens with zero attached hydrogens (tertiary/aromatic N) is 1. The number of carbonyl (C=O) groups is 1. The molecule has 3 aliphatic rings. The van der Waals surface area contributed by atoms with E-state index in [2.05, 4.69) is 29.7 Å². The van der Waals surface area contributed by atoms with Gasteiger partial charge in [-0.2, -0.15) is 0 Å². The maximum Gasteiger partial charge on any atom is 0.318 e. The molecule has 1 unspecified atom stereocenters. The number of hydrogen-bond acceptors (Lipinski definition) is 2. The number of hydrogen-bond donors (Lipinski definition) is 2. The molecule has 31 heavy (non-hydrogen) atoms. The van der Waals surface area contributed by atoms with Crippen LogP contribution < -0.4 is 10.6 Å². The number of halogens is 1. The lowest BCUT2D eigenvalue weighted by Gasteiger charge is -2.43. The van der Waals surface area contributed by atoms with E-state index in [-0.39, 0.29) is 23.9 Å². The van der Waals surface area contributed by atoms with Crippen molar-refractivity contribution in [3.05, 3.63) is 58.9 Å². The number of amides is 2. The van der Waals surface area contributed by atoms with Crippen molar-refractivity contribution in [2.75, 3.05) is 13.6 Å². The molecule has 1 aromatic rings. The maximum atomic E-state index is 13.6. The van der Waals surface area contributed by atoms with Gasteiger partial charge in [-0.1, -0.05) is 56.0 Å². The Bertz CT molecular complexity index is 826. The fraction of sp³-hybridized carbons (Fsp3) is 0.577. The maximum absolute atomic E-state index is 13.6. The third-order valence-corrected chi connectivity index (χ3v) is 7.22. The van der Waals surface area contributed by atoms with Gasteiger partial charge in [0.25, 0.3) is 0 Å². The number of allylic oxidation sites excluding steroid dienone is 1. The smallest absolute Gasteiger partial charge is 0.318 e. The van der Waals surface area contributed by atoms with Crippen LogP contribution in [0.4, 0.5) is 9.18 Å². The molecule has 5 heteroatoms. The van der Waals surface area contributed by atoms with Crippen LogP contribution in [-0.2, 0) is 0 Å². The standard InChI is InChI=1S/C26H36FN3O/c1-3-4-5-6-18-7-12-24-20(15-18)13-14-30(25(24)19-8-10-21(27)11-9-19)26(31)29-23-16-22(17-23)28-2/h7-12,18,22-23,25,28H,3-6,13-17H2,1-2H3,(H,29,31)/t18?,22-,23+,25-/m0/s1. The normalized spacial score (nSPS) is 27.6. The van der Waals surface area contributed by atoms with E-state index in [1.54, 1.807) is 0 Å². The van der Waals surface area contributed by atoms with Crippen LogP contribution in [-0.4, -0.2) is 36.6 Å². The van der Waals surface area contributed by atoms with E-state index in [4.69, 9.17) is 0 Å². The number of benzene rings is 1. The van der Waals surface area contributed by atoms with E-state index >= 15 is 0 Å². The Kier molecular flexibility index (Phi) is 7.11. The lowest BCUT2D eigenvalue weighted by atomic mass is 9.79. The van der Waals surface area contributed by atoms with Gasteiger partial charge in [-0.05, 0) is 68.3 Å². The minimum atomic E-state index is -0.243. The molecule has 1 heterocycles. The average molecular weight is 426 g/mol. The van der Waals surface area contributed by atoms with E-state index < -0.39 is 0 Å². The van der Waals surface area contributed by atoms with Crippen LogP contribution in [0.1, 0.15) is 69.9 Å². The lowest BCUT2D eigenvalue weighted by molar-refractivity contribution is 0.163. The molecule has 2 N–H and O–H groups in total. The molecule has 2 amide bonds. The van der Waals surface area contributed by atoms with Crippen LogP contribution in [0.15, 0.2) is 47.6 Å². The first-order chi connectivity index (χ1) is 15.1. The van der Waals surface area contributed by atoms with Gasteiger partial charge >= 0.3 is 6.03 Å². The summed E-state index contributed by atoms with van der Waals surface area (Å²) in [5.41, 5.74) is 3.70. The molecule has 1 fully saturated rings. The van der Waals surface area contributed by atoms with Crippen LogP contribution in [0, 0.1) is 11.7 Å². The summed E-state index contributed by atoms with van der Waals surface area (Å²) in [6, 6.07) is 7.26. The molecular formula is C26H36FN3O. The van der Waals surface area contributed by atoms with E-state index in [9.17, 15) is 9.18 Å². The summed E-state index contributed by atoms with van der Waals surface area (Å²) in [6.45, 7) is 2.96. The molecule has 0 saturated heterocycles. The summed E-state index contributed by atoms with van der Waals surface area (Å²) in [7, 11) is 1.97. The Labute approximate surface area is 186 Å². The van der Waals surface area contributed by atoms with Crippen molar-refractivity contribution in [2.45, 2.75) is 76.4 Å². The van der Waals surface area contributed by atoms with Crippen molar-refractivity contribution in [3.8, 4) is 0 Å². The van der Waals surface area contributed by atoms with Crippen LogP contribution in [0.3, 0.4) is 0 Å². The third-order valence-electron chi connectivity index (χ3n) is 7.22. The lowest BCUT2D eigenvalue weighted by Crippen LogP contribution is -2.55. The third kappa shape index (κ3) is 5.03. The number of rotatable bonds is 7. The largest absolute Gasteiger partial charge is 0.335 e. The van der Waals surface area contributed by atoms with Crippen LogP contribution in [0.5, 0.6) is 0 Å². The Morgan fingerprint density at radius 1 is 1.16 bits per heavy atom. The summed E-state index contributed by atoms with van der Waals surface area (Å²) < 4.78 is 13.6. The molecule has 0 bridgehead atoms. The minimum Gasteiger partial charge on any atom is -0.335 e. The molecule has 1 saturated carbocycles. The SMILES string of the molecule is CCCCCC1C=CC2=C(CCN(C(=O)N[C@H]3C[C@@H](NC)C3)[C@H]2c2ccc(F)cc2)C1. The first-order valence-electron chi connectivity index (χ1n) is 12.0. The van der Waals surface area contributed by atoms with Crippen molar-refractivity contribution in [1.82, 2.24) is 15.5 Å². The highest BCUT2D eigenvalue weighted by molar-refractivity contribution is 5.76. The number of carbonyl (C=O) groups excluding carboxylic acids is 1. The van der Waals surface area contributed by atoms with Crippen LogP contribution in [0.2, 0.25) is 0 Å². The Morgan fingerprint density at radius 2 is 1.94 bits per heavy atom. The Morgan fingerprint density at radius 3 is 2.65 bits per heavy atom. The van der Waals surface area contributed by atoms with Crippen molar-refractivity contribution in [2.24, 2.45) is 5.92 Å². The van der Waals surface area contributed by atoms with Gasteiger partial charge in [0.2, 0.25) is 0 Å². The van der Waals surface area contributed by atoms with Gasteiger partial charge < -0.3 is 15.5 Å². The molecule has 2 aliphatic carbocycles. The first kappa shape index (κ1) is 22.1. The summed E-state index contributed by atoms with van der Waals surface area (Å²) >= 11 is 0. The summed E-state index contributed by atoms with van der Waals surface area (Å²) in [5, 5.41) is 6.49. The molecule has 4 rings (SSSR count). The fourth-order valence-corrected chi connectivity index (χ4v) is 5.25. The summed E-state index contributed by atoms with van der Waals surface area (Å²) in [6.07, 6.45) is 13.6. The van der Waals surface area contributed by atoms with E-state index in [0.29, 0.717) is 18.5 Å². The molecule has 0 aromatic heterocycles. The minimum absolute atomic E-state index is 0.00102. The van der Waals surface area contributed by atoms with Gasteiger partial charge in [0.15, 0.2) is 0 Å². The molecule has 4 nitrogen and oxygen atoms in total. The predicted octanol–water partition coefficient (Wildman–Crippen LogP) is 5.49. The Hall–Kier alpha value is -2.14. The van der Waals surface area contributed by atoms with Crippen molar-refractivity contribution in [3.63, 3.8) is 0 Å².